The monoisotopic (exact) mass is 310 g/mol. The summed E-state index contributed by atoms with van der Waals surface area (Å²) in [5.41, 5.74) is 1.07. The second-order valence-corrected chi connectivity index (χ2v) is 6.77. The summed E-state index contributed by atoms with van der Waals surface area (Å²) in [4.78, 5) is 26.3. The Kier molecular flexibility index (Phi) is 5.37. The molecule has 1 fully saturated rings. The van der Waals surface area contributed by atoms with E-state index in [9.17, 15) is 9.59 Å². The first kappa shape index (κ1) is 15.3. The Labute approximate surface area is 127 Å². The van der Waals surface area contributed by atoms with Gasteiger partial charge in [-0.1, -0.05) is 19.1 Å². The zero-order chi connectivity index (χ0) is 14.5. The molecule has 1 aliphatic rings. The van der Waals surface area contributed by atoms with Crippen LogP contribution in [-0.4, -0.2) is 41.8 Å². The van der Waals surface area contributed by atoms with Gasteiger partial charge in [-0.15, -0.1) is 23.5 Å². The van der Waals surface area contributed by atoms with Crippen LogP contribution in [0.5, 0.6) is 0 Å². The molecule has 20 heavy (non-hydrogen) atoms. The van der Waals surface area contributed by atoms with Crippen LogP contribution in [0.1, 0.15) is 17.9 Å². The number of rotatable bonds is 5. The van der Waals surface area contributed by atoms with Gasteiger partial charge in [-0.3, -0.25) is 9.59 Å². The Morgan fingerprint density at radius 1 is 1.45 bits per heavy atom. The molecular formula is C14H18N2O2S2. The third kappa shape index (κ3) is 3.49. The molecule has 0 radical (unpaired) electrons. The topological polar surface area (TPSA) is 49.4 Å². The summed E-state index contributed by atoms with van der Waals surface area (Å²) in [7, 11) is 1.59. The van der Waals surface area contributed by atoms with E-state index in [1.165, 1.54) is 4.90 Å². The first-order chi connectivity index (χ1) is 9.65. The standard InChI is InChI=1S/C14H18N2O2S2/c1-3-19-11-6-4-10(5-7-11)14-16(8-12(17)15-2)13(18)9-20-14/h4-7,14H,3,8-9H2,1-2H3,(H,15,17). The number of hydrogen-bond acceptors (Lipinski definition) is 4. The molecule has 0 bridgehead atoms. The van der Waals surface area contributed by atoms with Gasteiger partial charge in [0.1, 0.15) is 11.9 Å². The summed E-state index contributed by atoms with van der Waals surface area (Å²) in [6, 6.07) is 8.24. The average molecular weight is 310 g/mol. The fraction of sp³-hybridized carbons (Fsp3) is 0.429. The molecule has 2 rings (SSSR count). The van der Waals surface area contributed by atoms with Gasteiger partial charge < -0.3 is 10.2 Å². The number of nitrogens with zero attached hydrogens (tertiary/aromatic N) is 1. The molecule has 1 saturated heterocycles. The van der Waals surface area contributed by atoms with Crippen LogP contribution in [0, 0.1) is 0 Å². The highest BCUT2D eigenvalue weighted by atomic mass is 32.2. The second-order valence-electron chi connectivity index (χ2n) is 4.36. The van der Waals surface area contributed by atoms with Crippen LogP contribution in [0.15, 0.2) is 29.2 Å². The number of carbonyl (C=O) groups is 2. The fourth-order valence-electron chi connectivity index (χ4n) is 2.03. The van der Waals surface area contributed by atoms with Crippen molar-refractivity contribution in [2.24, 2.45) is 0 Å². The van der Waals surface area contributed by atoms with Crippen molar-refractivity contribution in [1.82, 2.24) is 10.2 Å². The number of benzene rings is 1. The highest BCUT2D eigenvalue weighted by Crippen LogP contribution is 2.38. The summed E-state index contributed by atoms with van der Waals surface area (Å²) in [5, 5.41) is 2.51. The predicted octanol–water partition coefficient (Wildman–Crippen LogP) is 2.12. The molecule has 1 aromatic carbocycles. The van der Waals surface area contributed by atoms with Gasteiger partial charge in [0.15, 0.2) is 0 Å². The van der Waals surface area contributed by atoms with E-state index in [1.54, 1.807) is 35.5 Å². The quantitative estimate of drug-likeness (QED) is 0.846. The van der Waals surface area contributed by atoms with Crippen LogP contribution in [0.25, 0.3) is 0 Å². The zero-order valence-corrected chi connectivity index (χ0v) is 13.2. The molecule has 0 spiro atoms. The lowest BCUT2D eigenvalue weighted by atomic mass is 10.2. The summed E-state index contributed by atoms with van der Waals surface area (Å²) in [6.45, 7) is 2.24. The van der Waals surface area contributed by atoms with Crippen LogP contribution in [-0.2, 0) is 9.59 Å². The van der Waals surface area contributed by atoms with Crippen LogP contribution in [0.4, 0.5) is 0 Å². The molecule has 1 unspecified atom stereocenters. The molecule has 6 heteroatoms. The largest absolute Gasteiger partial charge is 0.358 e. The Balaban J connectivity index is 2.13. The number of carbonyl (C=O) groups excluding carboxylic acids is 2. The number of thioether (sulfide) groups is 2. The Morgan fingerprint density at radius 3 is 2.75 bits per heavy atom. The van der Waals surface area contributed by atoms with E-state index in [4.69, 9.17) is 0 Å². The van der Waals surface area contributed by atoms with Gasteiger partial charge in [-0.2, -0.15) is 0 Å². The minimum absolute atomic E-state index is 0.0237. The van der Waals surface area contributed by atoms with E-state index in [1.807, 2.05) is 12.1 Å². The molecule has 1 heterocycles. The number of nitrogens with one attached hydrogen (secondary N) is 1. The Morgan fingerprint density at radius 2 is 2.15 bits per heavy atom. The summed E-state index contributed by atoms with van der Waals surface area (Å²) in [5.74, 6) is 1.37. The summed E-state index contributed by atoms with van der Waals surface area (Å²) < 4.78 is 0. The maximum Gasteiger partial charge on any atom is 0.239 e. The molecule has 1 atom stereocenters. The highest BCUT2D eigenvalue weighted by Gasteiger charge is 2.33. The van der Waals surface area contributed by atoms with E-state index in [0.29, 0.717) is 5.75 Å². The summed E-state index contributed by atoms with van der Waals surface area (Å²) in [6.07, 6.45) is 0. The van der Waals surface area contributed by atoms with Gasteiger partial charge in [0.05, 0.1) is 5.75 Å². The van der Waals surface area contributed by atoms with Gasteiger partial charge in [0.25, 0.3) is 0 Å². The fourth-order valence-corrected chi connectivity index (χ4v) is 3.88. The van der Waals surface area contributed by atoms with E-state index >= 15 is 0 Å². The number of amides is 2. The van der Waals surface area contributed by atoms with Crippen molar-refractivity contribution >= 4 is 35.3 Å². The Bertz CT molecular complexity index is 490. The van der Waals surface area contributed by atoms with Crippen molar-refractivity contribution in [3.8, 4) is 0 Å². The second kappa shape index (κ2) is 7.04. The predicted molar refractivity (Wildman–Crippen MR) is 83.8 cm³/mol. The lowest BCUT2D eigenvalue weighted by molar-refractivity contribution is -0.133. The zero-order valence-electron chi connectivity index (χ0n) is 11.6. The smallest absolute Gasteiger partial charge is 0.239 e. The van der Waals surface area contributed by atoms with Crippen molar-refractivity contribution in [2.75, 3.05) is 25.1 Å². The minimum Gasteiger partial charge on any atom is -0.358 e. The van der Waals surface area contributed by atoms with Crippen molar-refractivity contribution in [1.29, 1.82) is 0 Å². The van der Waals surface area contributed by atoms with Crippen LogP contribution < -0.4 is 5.32 Å². The molecule has 0 saturated carbocycles. The molecule has 0 aromatic heterocycles. The number of likely N-dealkylation sites (N-methyl/N-ethyl adjacent to an activating group) is 1. The first-order valence-corrected chi connectivity index (χ1v) is 8.53. The average Bonchev–Trinajstić information content (AvgIpc) is 2.81. The van der Waals surface area contributed by atoms with Gasteiger partial charge in [0.2, 0.25) is 11.8 Å². The Hall–Kier alpha value is -1.14. The van der Waals surface area contributed by atoms with Crippen LogP contribution >= 0.6 is 23.5 Å². The third-order valence-electron chi connectivity index (χ3n) is 3.04. The van der Waals surface area contributed by atoms with Gasteiger partial charge >= 0.3 is 0 Å². The van der Waals surface area contributed by atoms with Crippen molar-refractivity contribution in [3.05, 3.63) is 29.8 Å². The van der Waals surface area contributed by atoms with Crippen LogP contribution in [0.2, 0.25) is 0 Å². The van der Waals surface area contributed by atoms with Gasteiger partial charge in [0, 0.05) is 11.9 Å². The SMILES string of the molecule is CCSc1ccc(C2SCC(=O)N2CC(=O)NC)cc1. The molecule has 1 aromatic rings. The third-order valence-corrected chi connectivity index (χ3v) is 5.19. The molecule has 1 N–H and O–H groups in total. The molecule has 1 aliphatic heterocycles. The number of hydrogen-bond donors (Lipinski definition) is 1. The van der Waals surface area contributed by atoms with E-state index in [2.05, 4.69) is 24.4 Å². The van der Waals surface area contributed by atoms with Crippen molar-refractivity contribution < 1.29 is 9.59 Å². The maximum absolute atomic E-state index is 11.9. The molecule has 2 amide bonds. The highest BCUT2D eigenvalue weighted by molar-refractivity contribution is 8.00. The van der Waals surface area contributed by atoms with E-state index in [0.717, 1.165) is 11.3 Å². The van der Waals surface area contributed by atoms with Crippen molar-refractivity contribution in [2.45, 2.75) is 17.2 Å². The van der Waals surface area contributed by atoms with Gasteiger partial charge in [-0.05, 0) is 23.4 Å². The van der Waals surface area contributed by atoms with E-state index in [-0.39, 0.29) is 23.7 Å². The molecule has 0 aliphatic carbocycles. The molecule has 108 valence electrons. The molecule has 4 nitrogen and oxygen atoms in total. The first-order valence-electron chi connectivity index (χ1n) is 6.50. The van der Waals surface area contributed by atoms with Crippen LogP contribution in [0.3, 0.4) is 0 Å². The lowest BCUT2D eigenvalue weighted by Crippen LogP contribution is -2.37. The molecular weight excluding hydrogens is 292 g/mol. The maximum atomic E-state index is 11.9. The minimum atomic E-state index is -0.135. The summed E-state index contributed by atoms with van der Waals surface area (Å²) >= 11 is 3.36. The van der Waals surface area contributed by atoms with Gasteiger partial charge in [-0.25, -0.2) is 0 Å². The lowest BCUT2D eigenvalue weighted by Gasteiger charge is -2.23. The van der Waals surface area contributed by atoms with E-state index < -0.39 is 0 Å². The van der Waals surface area contributed by atoms with Crippen molar-refractivity contribution in [3.63, 3.8) is 0 Å². The normalized spacial score (nSPS) is 18.4.